The summed E-state index contributed by atoms with van der Waals surface area (Å²) in [5, 5.41) is 0. The maximum absolute atomic E-state index is 12.1. The van der Waals surface area contributed by atoms with Gasteiger partial charge in [-0.05, 0) is 45.4 Å². The highest BCUT2D eigenvalue weighted by Crippen LogP contribution is 2.31. The van der Waals surface area contributed by atoms with Crippen molar-refractivity contribution in [3.8, 4) is 10.4 Å². The van der Waals surface area contributed by atoms with Gasteiger partial charge in [0.05, 0.1) is 21.8 Å². The molecule has 0 bridgehead atoms. The van der Waals surface area contributed by atoms with Crippen molar-refractivity contribution in [2.24, 2.45) is 0 Å². The molecule has 20 heavy (non-hydrogen) atoms. The fraction of sp³-hybridized carbons (Fsp3) is 0.375. The van der Waals surface area contributed by atoms with Gasteiger partial charge in [0.2, 0.25) is 0 Å². The molecule has 108 valence electrons. The maximum atomic E-state index is 12.1. The van der Waals surface area contributed by atoms with Gasteiger partial charge in [0.1, 0.15) is 0 Å². The lowest BCUT2D eigenvalue weighted by molar-refractivity contribution is 0.618. The van der Waals surface area contributed by atoms with Crippen molar-refractivity contribution < 1.29 is 4.21 Å². The molecule has 2 nitrogen and oxygen atoms in total. The molecule has 1 aromatic carbocycles. The summed E-state index contributed by atoms with van der Waals surface area (Å²) in [6.07, 6.45) is 0. The van der Waals surface area contributed by atoms with Crippen LogP contribution < -0.4 is 4.72 Å². The third kappa shape index (κ3) is 3.78. The van der Waals surface area contributed by atoms with E-state index in [0.717, 1.165) is 0 Å². The number of benzene rings is 1. The second-order valence-corrected chi connectivity index (χ2v) is 8.90. The average molecular weight is 307 g/mol. The molecule has 0 fully saturated rings. The van der Waals surface area contributed by atoms with Crippen molar-refractivity contribution in [1.82, 2.24) is 4.72 Å². The molecule has 0 aliphatic heterocycles. The van der Waals surface area contributed by atoms with Gasteiger partial charge in [0.15, 0.2) is 0 Å². The first-order chi connectivity index (χ1) is 9.38. The molecule has 0 saturated heterocycles. The zero-order valence-electron chi connectivity index (χ0n) is 12.3. The Labute approximate surface area is 127 Å². The van der Waals surface area contributed by atoms with Crippen molar-refractivity contribution in [3.05, 3.63) is 47.3 Å². The Kier molecular flexibility index (Phi) is 4.78. The van der Waals surface area contributed by atoms with Crippen molar-refractivity contribution >= 4 is 22.3 Å². The minimum absolute atomic E-state index is 0.0949. The van der Waals surface area contributed by atoms with E-state index in [1.54, 1.807) is 11.3 Å². The molecule has 0 unspecified atom stereocenters. The molecule has 2 atom stereocenters. The van der Waals surface area contributed by atoms with E-state index < -0.39 is 11.0 Å². The van der Waals surface area contributed by atoms with Gasteiger partial charge in [-0.1, -0.05) is 30.3 Å². The maximum Gasteiger partial charge on any atom is 0.0976 e. The molecular formula is C16H21NOS2. The van der Waals surface area contributed by atoms with Crippen LogP contribution in [0.15, 0.2) is 42.5 Å². The molecule has 2 aromatic rings. The summed E-state index contributed by atoms with van der Waals surface area (Å²) in [6.45, 7) is 8.00. The molecule has 2 rings (SSSR count). The van der Waals surface area contributed by atoms with Crippen LogP contribution in [-0.2, 0) is 11.0 Å². The Morgan fingerprint density at radius 2 is 1.75 bits per heavy atom. The van der Waals surface area contributed by atoms with Gasteiger partial charge in [0.25, 0.3) is 0 Å². The Bertz CT molecular complexity index is 584. The van der Waals surface area contributed by atoms with E-state index >= 15 is 0 Å². The number of nitrogens with one attached hydrogen (secondary N) is 1. The van der Waals surface area contributed by atoms with E-state index in [0.29, 0.717) is 0 Å². The van der Waals surface area contributed by atoms with Gasteiger partial charge < -0.3 is 0 Å². The number of thiophene rings is 1. The minimum Gasteiger partial charge on any atom is -0.242 e. The van der Waals surface area contributed by atoms with Gasteiger partial charge in [-0.3, -0.25) is 0 Å². The minimum atomic E-state index is -1.05. The lowest BCUT2D eigenvalue weighted by Gasteiger charge is -2.21. The summed E-state index contributed by atoms with van der Waals surface area (Å²) >= 11 is 1.75. The Morgan fingerprint density at radius 1 is 1.10 bits per heavy atom. The summed E-state index contributed by atoms with van der Waals surface area (Å²) in [7, 11) is -1.05. The SMILES string of the molecule is C[C@@H](N[S@@](=O)C(C)(C)C)c1ccc(-c2ccccc2)s1. The molecule has 0 amide bonds. The van der Waals surface area contributed by atoms with Crippen LogP contribution in [0.4, 0.5) is 0 Å². The largest absolute Gasteiger partial charge is 0.242 e. The Balaban J connectivity index is 2.11. The molecule has 1 aromatic heterocycles. The van der Waals surface area contributed by atoms with Crippen molar-refractivity contribution in [2.45, 2.75) is 38.5 Å². The Hall–Kier alpha value is -0.970. The number of rotatable bonds is 4. The average Bonchev–Trinajstić information content (AvgIpc) is 2.88. The highest BCUT2D eigenvalue weighted by molar-refractivity contribution is 7.84. The molecule has 4 heteroatoms. The molecule has 1 N–H and O–H groups in total. The summed E-state index contributed by atoms with van der Waals surface area (Å²) < 4.78 is 15.1. The summed E-state index contributed by atoms with van der Waals surface area (Å²) in [6, 6.07) is 14.7. The predicted octanol–water partition coefficient (Wildman–Crippen LogP) is 4.53. The van der Waals surface area contributed by atoms with Crippen LogP contribution in [0.25, 0.3) is 10.4 Å². The first-order valence-electron chi connectivity index (χ1n) is 6.71. The Morgan fingerprint density at radius 3 is 2.35 bits per heavy atom. The van der Waals surface area contributed by atoms with Crippen LogP contribution >= 0.6 is 11.3 Å². The molecule has 0 aliphatic carbocycles. The normalized spacial score (nSPS) is 15.0. The van der Waals surface area contributed by atoms with E-state index in [1.165, 1.54) is 15.3 Å². The van der Waals surface area contributed by atoms with Crippen molar-refractivity contribution in [1.29, 1.82) is 0 Å². The van der Waals surface area contributed by atoms with Gasteiger partial charge in [0, 0.05) is 9.75 Å². The van der Waals surface area contributed by atoms with E-state index in [9.17, 15) is 4.21 Å². The second kappa shape index (κ2) is 6.20. The van der Waals surface area contributed by atoms with Crippen molar-refractivity contribution in [2.75, 3.05) is 0 Å². The van der Waals surface area contributed by atoms with Gasteiger partial charge in [-0.25, -0.2) is 8.93 Å². The smallest absolute Gasteiger partial charge is 0.0976 e. The van der Waals surface area contributed by atoms with Crippen molar-refractivity contribution in [3.63, 3.8) is 0 Å². The van der Waals surface area contributed by atoms with E-state index in [2.05, 4.69) is 35.9 Å². The summed E-state index contributed by atoms with van der Waals surface area (Å²) in [5.41, 5.74) is 1.23. The van der Waals surface area contributed by atoms with E-state index in [1.807, 2.05) is 39.0 Å². The predicted molar refractivity (Wildman–Crippen MR) is 89.2 cm³/mol. The first kappa shape index (κ1) is 15.4. The third-order valence-corrected chi connectivity index (χ3v) is 5.95. The molecule has 0 saturated carbocycles. The zero-order chi connectivity index (χ0) is 14.8. The zero-order valence-corrected chi connectivity index (χ0v) is 14.0. The molecule has 0 spiro atoms. The highest BCUT2D eigenvalue weighted by atomic mass is 32.2. The highest BCUT2D eigenvalue weighted by Gasteiger charge is 2.22. The fourth-order valence-corrected chi connectivity index (χ4v) is 3.63. The van der Waals surface area contributed by atoms with Gasteiger partial charge in [-0.2, -0.15) is 0 Å². The second-order valence-electron chi connectivity index (χ2n) is 5.79. The summed E-state index contributed by atoms with van der Waals surface area (Å²) in [4.78, 5) is 2.46. The standard InChI is InChI=1S/C16H21NOS2/c1-12(17-20(18)16(2,3)4)14-10-11-15(19-14)13-8-6-5-7-9-13/h5-12,17H,1-4H3/t12-,20+/m1/s1. The van der Waals surface area contributed by atoms with Gasteiger partial charge >= 0.3 is 0 Å². The number of hydrogen-bond acceptors (Lipinski definition) is 2. The van der Waals surface area contributed by atoms with Crippen LogP contribution in [0.3, 0.4) is 0 Å². The fourth-order valence-electron chi connectivity index (χ4n) is 1.74. The first-order valence-corrected chi connectivity index (χ1v) is 8.68. The van der Waals surface area contributed by atoms with Crippen LogP contribution in [0.1, 0.15) is 38.6 Å². The van der Waals surface area contributed by atoms with Crippen LogP contribution in [0.5, 0.6) is 0 Å². The van der Waals surface area contributed by atoms with Crippen LogP contribution in [0.2, 0.25) is 0 Å². The van der Waals surface area contributed by atoms with Gasteiger partial charge in [-0.15, -0.1) is 11.3 Å². The quantitative estimate of drug-likeness (QED) is 0.883. The summed E-state index contributed by atoms with van der Waals surface area (Å²) in [5.74, 6) is 0. The van der Waals surface area contributed by atoms with E-state index in [-0.39, 0.29) is 10.8 Å². The molecule has 1 heterocycles. The molecule has 0 aliphatic rings. The number of hydrogen-bond donors (Lipinski definition) is 1. The van der Waals surface area contributed by atoms with E-state index in [4.69, 9.17) is 0 Å². The lowest BCUT2D eigenvalue weighted by atomic mass is 10.2. The monoisotopic (exact) mass is 307 g/mol. The topological polar surface area (TPSA) is 29.1 Å². The third-order valence-electron chi connectivity index (χ3n) is 2.95. The van der Waals surface area contributed by atoms with Crippen LogP contribution in [-0.4, -0.2) is 8.96 Å². The lowest BCUT2D eigenvalue weighted by Crippen LogP contribution is -2.34. The molecule has 0 radical (unpaired) electrons. The molecular weight excluding hydrogens is 286 g/mol. The van der Waals surface area contributed by atoms with Crippen LogP contribution in [0, 0.1) is 0 Å².